The van der Waals surface area contributed by atoms with Gasteiger partial charge in [0.05, 0.1) is 37.8 Å². The van der Waals surface area contributed by atoms with Gasteiger partial charge in [0.25, 0.3) is 0 Å². The summed E-state index contributed by atoms with van der Waals surface area (Å²) in [4.78, 5) is 11.0. The Morgan fingerprint density at radius 2 is 1.05 bits per heavy atom. The third kappa shape index (κ3) is 3.89. The molecule has 55 heavy (non-hydrogen) atoms. The van der Waals surface area contributed by atoms with E-state index in [0.717, 1.165) is 32.5 Å². The molecule has 0 saturated heterocycles. The van der Waals surface area contributed by atoms with Crippen molar-refractivity contribution in [1.82, 2.24) is 18.9 Å². The van der Waals surface area contributed by atoms with Crippen LogP contribution in [0, 0.1) is 0 Å². The first-order valence-electron chi connectivity index (χ1n) is 18.7. The normalized spacial score (nSPS) is 12.4. The van der Waals surface area contributed by atoms with Gasteiger partial charge >= 0.3 is 0 Å². The Hall–Kier alpha value is -7.08. The average molecular weight is 717 g/mol. The molecule has 4 nitrogen and oxygen atoms in total. The number of rotatable bonds is 3. The molecule has 0 bridgehead atoms. The van der Waals surface area contributed by atoms with Crippen molar-refractivity contribution in [1.29, 1.82) is 0 Å². The minimum absolute atomic E-state index is 0.717. The first-order chi connectivity index (χ1) is 27.3. The molecule has 0 fully saturated rings. The summed E-state index contributed by atoms with van der Waals surface area (Å²) >= 11 is 1.78. The largest absolute Gasteiger partial charge is 0.308 e. The van der Waals surface area contributed by atoms with E-state index >= 15 is 0 Å². The predicted molar refractivity (Wildman–Crippen MR) is 232 cm³/mol. The molecule has 5 heterocycles. The van der Waals surface area contributed by atoms with E-state index in [-0.39, 0.29) is 0 Å². The van der Waals surface area contributed by atoms with E-state index in [1.807, 2.05) is 0 Å². The fourth-order valence-corrected chi connectivity index (χ4v) is 10.4. The zero-order valence-corrected chi connectivity index (χ0v) is 30.2. The summed E-state index contributed by atoms with van der Waals surface area (Å²) in [5, 5.41) is 11.2. The molecule has 0 atom stereocenters. The van der Waals surface area contributed by atoms with Crippen LogP contribution >= 0.6 is 11.3 Å². The van der Waals surface area contributed by atoms with E-state index in [2.05, 4.69) is 179 Å². The Morgan fingerprint density at radius 1 is 0.418 bits per heavy atom. The van der Waals surface area contributed by atoms with Crippen LogP contribution in [-0.4, -0.2) is 18.9 Å². The summed E-state index contributed by atoms with van der Waals surface area (Å²) in [6, 6.07) is 61.4. The van der Waals surface area contributed by atoms with Crippen molar-refractivity contribution in [2.45, 2.75) is 0 Å². The number of aromatic nitrogens is 4. The van der Waals surface area contributed by atoms with Crippen LogP contribution in [0.4, 0.5) is 0 Å². The monoisotopic (exact) mass is 716 g/mol. The smallest absolute Gasteiger partial charge is 0.162 e. The lowest BCUT2D eigenvalue weighted by molar-refractivity contribution is 1.08. The minimum Gasteiger partial charge on any atom is -0.308 e. The van der Waals surface area contributed by atoms with Gasteiger partial charge in [-0.15, -0.1) is 11.3 Å². The van der Waals surface area contributed by atoms with E-state index < -0.39 is 0 Å². The van der Waals surface area contributed by atoms with Crippen LogP contribution in [0.1, 0.15) is 0 Å². The lowest BCUT2D eigenvalue weighted by Gasteiger charge is -2.12. The van der Waals surface area contributed by atoms with Gasteiger partial charge in [0, 0.05) is 48.0 Å². The van der Waals surface area contributed by atoms with E-state index in [4.69, 9.17) is 9.97 Å². The number of nitrogens with zero attached hydrogens (tertiary/aromatic N) is 4. The predicted octanol–water partition coefficient (Wildman–Crippen LogP) is 13.6. The highest BCUT2D eigenvalue weighted by Gasteiger charge is 2.27. The highest BCUT2D eigenvalue weighted by Crippen LogP contribution is 2.49. The zero-order valence-electron chi connectivity index (χ0n) is 29.4. The molecule has 0 aliphatic rings. The van der Waals surface area contributed by atoms with Gasteiger partial charge in [0.2, 0.25) is 0 Å². The number of benzene rings is 8. The first kappa shape index (κ1) is 29.4. The van der Waals surface area contributed by atoms with Gasteiger partial charge in [0.15, 0.2) is 11.6 Å². The molecular weight excluding hydrogens is 689 g/mol. The Bertz CT molecular complexity index is 3700. The summed E-state index contributed by atoms with van der Waals surface area (Å²) in [6.07, 6.45) is 0. The lowest BCUT2D eigenvalue weighted by Crippen LogP contribution is -2.01. The van der Waals surface area contributed by atoms with Crippen molar-refractivity contribution in [3.63, 3.8) is 0 Å². The maximum atomic E-state index is 5.60. The van der Waals surface area contributed by atoms with Gasteiger partial charge in [0.1, 0.15) is 0 Å². The topological polar surface area (TPSA) is 35.1 Å². The van der Waals surface area contributed by atoms with Crippen molar-refractivity contribution in [2.24, 2.45) is 0 Å². The van der Waals surface area contributed by atoms with Gasteiger partial charge in [-0.3, -0.25) is 4.57 Å². The highest BCUT2D eigenvalue weighted by molar-refractivity contribution is 7.26. The van der Waals surface area contributed by atoms with Gasteiger partial charge in [-0.25, -0.2) is 9.97 Å². The Morgan fingerprint density at radius 3 is 1.89 bits per heavy atom. The molecular formula is C50H28N4S. The number of hydrogen-bond donors (Lipinski definition) is 0. The quantitative estimate of drug-likeness (QED) is 0.182. The van der Waals surface area contributed by atoms with Crippen LogP contribution in [0.5, 0.6) is 0 Å². The van der Waals surface area contributed by atoms with Crippen LogP contribution in [0.25, 0.3) is 119 Å². The second-order valence-electron chi connectivity index (χ2n) is 14.5. The molecule has 0 saturated carbocycles. The Kier molecular flexibility index (Phi) is 5.74. The summed E-state index contributed by atoms with van der Waals surface area (Å²) in [5.41, 5.74) is 10.3. The average Bonchev–Trinajstić information content (AvgIpc) is 3.99. The molecule has 0 aliphatic heterocycles. The fraction of sp³-hybridized carbons (Fsp3) is 0. The zero-order chi connectivity index (χ0) is 35.8. The van der Waals surface area contributed by atoms with Crippen molar-refractivity contribution >= 4 is 102 Å². The molecule has 0 amide bonds. The molecule has 0 aliphatic carbocycles. The van der Waals surface area contributed by atoms with Crippen molar-refractivity contribution in [3.05, 3.63) is 170 Å². The third-order valence-corrected chi connectivity index (χ3v) is 12.8. The van der Waals surface area contributed by atoms with Crippen molar-refractivity contribution < 1.29 is 0 Å². The molecule has 13 aromatic rings. The second-order valence-corrected chi connectivity index (χ2v) is 15.6. The van der Waals surface area contributed by atoms with E-state index in [0.29, 0.717) is 5.82 Å². The standard InChI is InChI=1S/C50H28N4S/c1-2-12-29(13-3-1)30-22-24-32(25-23-30)49-51-45-36-18-8-11-21-42(36)55-48(45)50(52-49)54-40-20-10-7-17-35(40)38-28-37-34-16-6-9-19-39(34)53-41-27-26-31-14-4-5-15-33(31)43(41)44(46(37)53)47(38)54/h1-28H. The molecule has 0 spiro atoms. The molecule has 0 N–H and O–H groups in total. The lowest BCUT2D eigenvalue weighted by atomic mass is 9.99. The van der Waals surface area contributed by atoms with Gasteiger partial charge < -0.3 is 4.40 Å². The summed E-state index contributed by atoms with van der Waals surface area (Å²) < 4.78 is 7.24. The van der Waals surface area contributed by atoms with Crippen LogP contribution < -0.4 is 0 Å². The van der Waals surface area contributed by atoms with E-state index in [9.17, 15) is 0 Å². The molecule has 8 aromatic carbocycles. The third-order valence-electron chi connectivity index (χ3n) is 11.7. The van der Waals surface area contributed by atoms with Crippen LogP contribution in [0.3, 0.4) is 0 Å². The summed E-state index contributed by atoms with van der Waals surface area (Å²) in [5.74, 6) is 1.63. The Balaban J connectivity index is 1.23. The van der Waals surface area contributed by atoms with Gasteiger partial charge in [-0.2, -0.15) is 0 Å². The summed E-state index contributed by atoms with van der Waals surface area (Å²) in [6.45, 7) is 0. The number of para-hydroxylation sites is 2. The van der Waals surface area contributed by atoms with E-state index in [1.165, 1.54) is 81.0 Å². The molecule has 5 heteroatoms. The second kappa shape index (κ2) is 10.8. The summed E-state index contributed by atoms with van der Waals surface area (Å²) in [7, 11) is 0. The fourth-order valence-electron chi connectivity index (χ4n) is 9.29. The number of thiophene rings is 1. The first-order valence-corrected chi connectivity index (χ1v) is 19.5. The van der Waals surface area contributed by atoms with Crippen molar-refractivity contribution in [2.75, 3.05) is 0 Å². The molecule has 0 unspecified atom stereocenters. The Labute approximate surface area is 318 Å². The van der Waals surface area contributed by atoms with Gasteiger partial charge in [-0.1, -0.05) is 140 Å². The van der Waals surface area contributed by atoms with Crippen molar-refractivity contribution in [3.8, 4) is 28.3 Å². The van der Waals surface area contributed by atoms with Crippen LogP contribution in [0.15, 0.2) is 170 Å². The molecule has 13 rings (SSSR count). The van der Waals surface area contributed by atoms with E-state index in [1.54, 1.807) is 11.3 Å². The molecule has 0 radical (unpaired) electrons. The molecule has 254 valence electrons. The maximum Gasteiger partial charge on any atom is 0.162 e. The van der Waals surface area contributed by atoms with Crippen LogP contribution in [-0.2, 0) is 0 Å². The number of hydrogen-bond acceptors (Lipinski definition) is 3. The SMILES string of the molecule is c1ccc(-c2ccc(-c3nc(-n4c5ccccc5c5cc6c7ccccc7n7c8ccc9ccccc9c8c(c54)c67)c4sc5ccccc5c4n3)cc2)cc1. The van der Waals surface area contributed by atoms with Crippen LogP contribution in [0.2, 0.25) is 0 Å². The highest BCUT2D eigenvalue weighted by atomic mass is 32.1. The minimum atomic E-state index is 0.717. The molecule has 5 aromatic heterocycles. The van der Waals surface area contributed by atoms with Gasteiger partial charge in [-0.05, 0) is 52.2 Å². The maximum absolute atomic E-state index is 5.60. The number of fused-ring (bicyclic) bond motifs is 15.